The summed E-state index contributed by atoms with van der Waals surface area (Å²) in [5.74, 6) is 0.399. The Hall–Kier alpha value is -1.06. The molecule has 0 spiro atoms. The maximum atomic E-state index is 11.1. The Balaban J connectivity index is 1.60. The molecule has 0 atom stereocenters. The second-order valence-electron chi connectivity index (χ2n) is 16.8. The molecule has 3 heteroatoms. The monoisotopic (exact) mass is 627 g/mol. The maximum Gasteiger partial charge on any atom is 0.119 e. The summed E-state index contributed by atoms with van der Waals surface area (Å²) in [4.78, 5) is 0. The molecule has 0 unspecified atom stereocenters. The Morgan fingerprint density at radius 3 is 1.38 bits per heavy atom. The third-order valence-electron chi connectivity index (χ3n) is 11.7. The number of rotatable bonds is 20. The molecule has 0 aliphatic heterocycles. The van der Waals surface area contributed by atoms with Gasteiger partial charge in [0.1, 0.15) is 5.75 Å². The minimum Gasteiger partial charge on any atom is -0.508 e. The van der Waals surface area contributed by atoms with Gasteiger partial charge in [0.2, 0.25) is 0 Å². The van der Waals surface area contributed by atoms with Gasteiger partial charge in [-0.15, -0.1) is 0 Å². The number of benzene rings is 1. The van der Waals surface area contributed by atoms with Gasteiger partial charge in [-0.2, -0.15) is 0 Å². The van der Waals surface area contributed by atoms with Gasteiger partial charge in [-0.1, -0.05) is 91.2 Å². The largest absolute Gasteiger partial charge is 0.508 e. The van der Waals surface area contributed by atoms with Crippen LogP contribution in [-0.2, 0) is 22.3 Å². The molecule has 0 radical (unpaired) electrons. The van der Waals surface area contributed by atoms with Gasteiger partial charge < -0.3 is 14.6 Å². The lowest BCUT2D eigenvalue weighted by Crippen LogP contribution is -2.39. The Kier molecular flexibility index (Phi) is 15.3. The number of unbranched alkanes of at least 4 members (excludes halogenated alkanes) is 4. The van der Waals surface area contributed by atoms with Crippen LogP contribution in [0.2, 0.25) is 0 Å². The molecule has 1 N–H and O–H groups in total. The summed E-state index contributed by atoms with van der Waals surface area (Å²) in [6.45, 7) is 18.3. The van der Waals surface area contributed by atoms with Crippen molar-refractivity contribution in [1.82, 2.24) is 0 Å². The second-order valence-corrected chi connectivity index (χ2v) is 16.8. The molecule has 3 rings (SSSR count). The summed E-state index contributed by atoms with van der Waals surface area (Å²) in [7, 11) is 0. The van der Waals surface area contributed by atoms with Gasteiger partial charge in [-0.05, 0) is 133 Å². The van der Waals surface area contributed by atoms with Crippen LogP contribution >= 0.6 is 0 Å². The van der Waals surface area contributed by atoms with Crippen LogP contribution in [0.1, 0.15) is 195 Å². The van der Waals surface area contributed by atoms with E-state index in [1.807, 2.05) is 12.1 Å². The molecular weight excluding hydrogens is 552 g/mol. The molecule has 260 valence electrons. The number of aromatic hydroxyl groups is 1. The molecule has 0 amide bonds. The van der Waals surface area contributed by atoms with Crippen molar-refractivity contribution < 1.29 is 14.6 Å². The van der Waals surface area contributed by atoms with Gasteiger partial charge in [-0.3, -0.25) is 0 Å². The molecule has 45 heavy (non-hydrogen) atoms. The van der Waals surface area contributed by atoms with E-state index in [-0.39, 0.29) is 11.2 Å². The first-order valence-corrected chi connectivity index (χ1v) is 19.6. The van der Waals surface area contributed by atoms with E-state index in [9.17, 15) is 5.11 Å². The Labute approximate surface area is 280 Å². The highest BCUT2D eigenvalue weighted by Crippen LogP contribution is 2.47. The van der Waals surface area contributed by atoms with Crippen LogP contribution in [-0.4, -0.2) is 28.5 Å². The Bertz CT molecular complexity index is 942. The lowest BCUT2D eigenvalue weighted by Gasteiger charge is -2.43. The van der Waals surface area contributed by atoms with Crippen molar-refractivity contribution in [2.24, 2.45) is 10.8 Å². The van der Waals surface area contributed by atoms with Crippen LogP contribution in [0, 0.1) is 10.8 Å². The first kappa shape index (κ1) is 38.4. The van der Waals surface area contributed by atoms with Gasteiger partial charge in [0.15, 0.2) is 0 Å². The number of hydrogen-bond donors (Lipinski definition) is 1. The number of phenolic OH excluding ortho intramolecular Hbond substituents is 1. The van der Waals surface area contributed by atoms with E-state index in [0.717, 1.165) is 18.4 Å². The highest BCUT2D eigenvalue weighted by molar-refractivity contribution is 5.41. The summed E-state index contributed by atoms with van der Waals surface area (Å²) < 4.78 is 13.8. The van der Waals surface area contributed by atoms with Gasteiger partial charge >= 0.3 is 0 Å². The summed E-state index contributed by atoms with van der Waals surface area (Å²) in [6.07, 6.45) is 28.3. The van der Waals surface area contributed by atoms with Crippen LogP contribution in [0.4, 0.5) is 0 Å². The average Bonchev–Trinajstić information content (AvgIpc) is 3.00. The standard InChI is InChI=1S/C42H74O3/c1-9-13-24-41(25-14-10-2)28-20-35(21-29-41)44-39(5,6)32-34-18-17-19-38(43)37(34)33-40(7,8)45-36-22-30-42(31-23-36,26-15-11-3)27-16-12-4/h17-19,35-36,43H,9-16,20-33H2,1-8H3. The molecule has 0 aromatic heterocycles. The summed E-state index contributed by atoms with van der Waals surface area (Å²) in [5, 5.41) is 11.1. The lowest BCUT2D eigenvalue weighted by atomic mass is 9.67. The van der Waals surface area contributed by atoms with Gasteiger partial charge in [-0.25, -0.2) is 0 Å². The molecule has 1 aromatic carbocycles. The van der Waals surface area contributed by atoms with Crippen LogP contribution in [0.25, 0.3) is 0 Å². The lowest BCUT2D eigenvalue weighted by molar-refractivity contribution is -0.102. The number of ether oxygens (including phenoxy) is 2. The minimum atomic E-state index is -0.334. The Morgan fingerprint density at radius 2 is 1.00 bits per heavy atom. The van der Waals surface area contributed by atoms with Crippen molar-refractivity contribution in [3.05, 3.63) is 29.3 Å². The molecule has 0 heterocycles. The van der Waals surface area contributed by atoms with E-state index < -0.39 is 0 Å². The van der Waals surface area contributed by atoms with Crippen molar-refractivity contribution in [2.75, 3.05) is 0 Å². The fourth-order valence-corrected chi connectivity index (χ4v) is 8.96. The molecule has 0 saturated heterocycles. The van der Waals surface area contributed by atoms with E-state index in [1.54, 1.807) is 0 Å². The topological polar surface area (TPSA) is 38.7 Å². The molecule has 1 aromatic rings. The zero-order chi connectivity index (χ0) is 33.0. The normalized spacial score (nSPS) is 19.6. The molecule has 0 bridgehead atoms. The van der Waals surface area contributed by atoms with E-state index in [1.165, 1.54) is 134 Å². The molecular formula is C42H74O3. The van der Waals surface area contributed by atoms with E-state index in [0.29, 0.717) is 28.8 Å². The first-order chi connectivity index (χ1) is 21.4. The van der Waals surface area contributed by atoms with Gasteiger partial charge in [0.25, 0.3) is 0 Å². The van der Waals surface area contributed by atoms with E-state index >= 15 is 0 Å². The third-order valence-corrected chi connectivity index (χ3v) is 11.7. The van der Waals surface area contributed by atoms with Crippen molar-refractivity contribution >= 4 is 0 Å². The van der Waals surface area contributed by atoms with Gasteiger partial charge in [0, 0.05) is 12.8 Å². The fourth-order valence-electron chi connectivity index (χ4n) is 8.96. The minimum absolute atomic E-state index is 0.283. The predicted octanol–water partition coefficient (Wildman–Crippen LogP) is 12.7. The van der Waals surface area contributed by atoms with Crippen LogP contribution in [0.3, 0.4) is 0 Å². The van der Waals surface area contributed by atoms with Crippen LogP contribution < -0.4 is 0 Å². The highest BCUT2D eigenvalue weighted by atomic mass is 16.5. The zero-order valence-electron chi connectivity index (χ0n) is 31.2. The first-order valence-electron chi connectivity index (χ1n) is 19.6. The highest BCUT2D eigenvalue weighted by Gasteiger charge is 2.38. The van der Waals surface area contributed by atoms with E-state index in [2.05, 4.69) is 61.5 Å². The number of hydrogen-bond acceptors (Lipinski definition) is 3. The average molecular weight is 627 g/mol. The fraction of sp³-hybridized carbons (Fsp3) is 0.857. The predicted molar refractivity (Wildman–Crippen MR) is 193 cm³/mol. The quantitative estimate of drug-likeness (QED) is 0.156. The maximum absolute atomic E-state index is 11.1. The molecule has 2 saturated carbocycles. The molecule has 2 aliphatic rings. The van der Waals surface area contributed by atoms with Crippen molar-refractivity contribution in [1.29, 1.82) is 0 Å². The number of phenols is 1. The van der Waals surface area contributed by atoms with Crippen molar-refractivity contribution in [3.63, 3.8) is 0 Å². The Morgan fingerprint density at radius 1 is 0.622 bits per heavy atom. The smallest absolute Gasteiger partial charge is 0.119 e. The molecule has 3 nitrogen and oxygen atoms in total. The zero-order valence-corrected chi connectivity index (χ0v) is 31.2. The summed E-state index contributed by atoms with van der Waals surface area (Å²) >= 11 is 0. The molecule has 2 fully saturated rings. The summed E-state index contributed by atoms with van der Waals surface area (Å²) in [6, 6.07) is 6.06. The van der Waals surface area contributed by atoms with Crippen LogP contribution in [0.5, 0.6) is 5.75 Å². The van der Waals surface area contributed by atoms with Gasteiger partial charge in [0.05, 0.1) is 23.4 Å². The van der Waals surface area contributed by atoms with Crippen molar-refractivity contribution in [3.8, 4) is 5.75 Å². The van der Waals surface area contributed by atoms with Crippen molar-refractivity contribution in [2.45, 2.75) is 220 Å². The van der Waals surface area contributed by atoms with E-state index in [4.69, 9.17) is 9.47 Å². The summed E-state index contributed by atoms with van der Waals surface area (Å²) in [5.41, 5.74) is 2.71. The SMILES string of the molecule is CCCCC1(CCCC)CCC(OC(C)(C)Cc2cccc(O)c2CC(C)(C)OC2CCC(CCCC)(CCCC)CC2)CC1. The third kappa shape index (κ3) is 12.2. The van der Waals surface area contributed by atoms with Crippen LogP contribution in [0.15, 0.2) is 18.2 Å². The molecule has 2 aliphatic carbocycles. The second kappa shape index (κ2) is 17.9.